The average Bonchev–Trinajstić information content (AvgIpc) is 3.39. The first-order valence-electron chi connectivity index (χ1n) is 10.1. The Bertz CT molecular complexity index is 1220. The summed E-state index contributed by atoms with van der Waals surface area (Å²) in [6.07, 6.45) is -0.781. The fourth-order valence-electron chi connectivity index (χ4n) is 3.92. The lowest BCUT2D eigenvalue weighted by Gasteiger charge is -2.28. The summed E-state index contributed by atoms with van der Waals surface area (Å²) in [4.78, 5) is 31.2. The number of amides is 2. The van der Waals surface area contributed by atoms with Gasteiger partial charge < -0.3 is 15.1 Å². The summed E-state index contributed by atoms with van der Waals surface area (Å²) in [5.41, 5.74) is -0.649. The Kier molecular flexibility index (Phi) is 5.68. The maximum Gasteiger partial charge on any atom is 0.416 e. The van der Waals surface area contributed by atoms with Crippen molar-refractivity contribution < 1.29 is 27.2 Å². The van der Waals surface area contributed by atoms with Crippen LogP contribution < -0.4 is 10.2 Å². The standard InChI is InChI=1S/C21H20F4N6O2/c1-29(2)20(33)19(32)27-15-11-26-31-9-7-17(28-18(15)31)30-8-3-4-16(30)13-10-12(22)5-6-14(13)21(23,24)25/h5-7,9-11,16H,3-4,8H2,1-2H3,(H,27,32)/t16-/m1/s1. The first-order chi connectivity index (χ1) is 15.6. The Hall–Kier alpha value is -3.70. The van der Waals surface area contributed by atoms with E-state index in [9.17, 15) is 27.2 Å². The molecule has 174 valence electrons. The normalized spacial score (nSPS) is 16.3. The van der Waals surface area contributed by atoms with E-state index in [0.29, 0.717) is 25.2 Å². The number of halogens is 4. The molecule has 1 fully saturated rings. The molecule has 1 aliphatic rings. The van der Waals surface area contributed by atoms with Crippen LogP contribution in [0.2, 0.25) is 0 Å². The van der Waals surface area contributed by atoms with E-state index in [-0.39, 0.29) is 16.9 Å². The highest BCUT2D eigenvalue weighted by Crippen LogP contribution is 2.42. The van der Waals surface area contributed by atoms with Crippen LogP contribution in [0.25, 0.3) is 5.65 Å². The maximum absolute atomic E-state index is 13.9. The summed E-state index contributed by atoms with van der Waals surface area (Å²) in [6, 6.07) is 3.32. The summed E-state index contributed by atoms with van der Waals surface area (Å²) in [5, 5.41) is 6.53. The maximum atomic E-state index is 13.9. The molecule has 1 aliphatic heterocycles. The van der Waals surface area contributed by atoms with Gasteiger partial charge in [0.1, 0.15) is 17.3 Å². The zero-order chi connectivity index (χ0) is 23.9. The molecule has 1 N–H and O–H groups in total. The van der Waals surface area contributed by atoms with Gasteiger partial charge >= 0.3 is 18.0 Å². The lowest BCUT2D eigenvalue weighted by Crippen LogP contribution is -2.34. The van der Waals surface area contributed by atoms with Gasteiger partial charge in [-0.15, -0.1) is 0 Å². The molecule has 4 rings (SSSR count). The molecule has 0 bridgehead atoms. The van der Waals surface area contributed by atoms with Gasteiger partial charge in [0.2, 0.25) is 0 Å². The highest BCUT2D eigenvalue weighted by molar-refractivity contribution is 6.39. The van der Waals surface area contributed by atoms with E-state index in [1.165, 1.54) is 24.8 Å². The Morgan fingerprint density at radius 2 is 1.97 bits per heavy atom. The lowest BCUT2D eigenvalue weighted by atomic mass is 9.97. The van der Waals surface area contributed by atoms with Gasteiger partial charge in [-0.1, -0.05) is 0 Å². The Morgan fingerprint density at radius 1 is 1.21 bits per heavy atom. The molecule has 33 heavy (non-hydrogen) atoms. The predicted molar refractivity (Wildman–Crippen MR) is 111 cm³/mol. The molecule has 0 aliphatic carbocycles. The number of likely N-dealkylation sites (N-methyl/N-ethyl adjacent to an activating group) is 1. The minimum atomic E-state index is -4.63. The van der Waals surface area contributed by atoms with Crippen LogP contribution in [0.15, 0.2) is 36.7 Å². The molecular weight excluding hydrogens is 444 g/mol. The van der Waals surface area contributed by atoms with Crippen molar-refractivity contribution >= 4 is 29.0 Å². The minimum Gasteiger partial charge on any atom is -0.349 e. The third-order valence-corrected chi connectivity index (χ3v) is 5.43. The smallest absolute Gasteiger partial charge is 0.349 e. The lowest BCUT2D eigenvalue weighted by molar-refractivity contribution is -0.141. The Balaban J connectivity index is 1.70. The van der Waals surface area contributed by atoms with Crippen LogP contribution in [-0.4, -0.2) is 52.0 Å². The van der Waals surface area contributed by atoms with E-state index in [1.54, 1.807) is 17.2 Å². The highest BCUT2D eigenvalue weighted by Gasteiger charge is 2.38. The first kappa shape index (κ1) is 22.5. The number of nitrogens with one attached hydrogen (secondary N) is 1. The van der Waals surface area contributed by atoms with E-state index in [2.05, 4.69) is 15.4 Å². The second-order valence-electron chi connectivity index (χ2n) is 7.85. The van der Waals surface area contributed by atoms with Crippen molar-refractivity contribution in [1.29, 1.82) is 0 Å². The average molecular weight is 464 g/mol. The third kappa shape index (κ3) is 4.32. The number of hydrogen-bond acceptors (Lipinski definition) is 5. The van der Waals surface area contributed by atoms with Gasteiger partial charge in [-0.3, -0.25) is 9.59 Å². The molecule has 3 aromatic rings. The second-order valence-corrected chi connectivity index (χ2v) is 7.85. The molecule has 1 aromatic carbocycles. The molecule has 0 radical (unpaired) electrons. The summed E-state index contributed by atoms with van der Waals surface area (Å²) in [7, 11) is 2.87. The van der Waals surface area contributed by atoms with Gasteiger partial charge in [0.05, 0.1) is 17.8 Å². The minimum absolute atomic E-state index is 0.153. The van der Waals surface area contributed by atoms with Crippen LogP contribution in [0.3, 0.4) is 0 Å². The van der Waals surface area contributed by atoms with E-state index in [1.807, 2.05) is 0 Å². The number of fused-ring (bicyclic) bond motifs is 1. The van der Waals surface area contributed by atoms with Crippen LogP contribution in [0.4, 0.5) is 29.1 Å². The number of carbonyl (C=O) groups is 2. The molecule has 1 atom stereocenters. The Morgan fingerprint density at radius 3 is 2.67 bits per heavy atom. The molecular formula is C21H20F4N6O2. The zero-order valence-electron chi connectivity index (χ0n) is 17.7. The number of anilines is 2. The third-order valence-electron chi connectivity index (χ3n) is 5.43. The molecule has 2 aromatic heterocycles. The summed E-state index contributed by atoms with van der Waals surface area (Å²) >= 11 is 0. The summed E-state index contributed by atoms with van der Waals surface area (Å²) < 4.78 is 56.0. The van der Waals surface area contributed by atoms with Crippen molar-refractivity contribution in [2.75, 3.05) is 30.9 Å². The van der Waals surface area contributed by atoms with Gasteiger partial charge in [0.25, 0.3) is 0 Å². The van der Waals surface area contributed by atoms with Crippen LogP contribution in [-0.2, 0) is 15.8 Å². The van der Waals surface area contributed by atoms with Crippen LogP contribution in [0.5, 0.6) is 0 Å². The fourth-order valence-corrected chi connectivity index (χ4v) is 3.92. The molecule has 0 saturated carbocycles. The molecule has 8 nitrogen and oxygen atoms in total. The number of benzene rings is 1. The highest BCUT2D eigenvalue weighted by atomic mass is 19.4. The van der Waals surface area contributed by atoms with E-state index in [4.69, 9.17) is 0 Å². The molecule has 1 saturated heterocycles. The summed E-state index contributed by atoms with van der Waals surface area (Å²) in [6.45, 7) is 0.413. The van der Waals surface area contributed by atoms with Crippen molar-refractivity contribution in [3.63, 3.8) is 0 Å². The van der Waals surface area contributed by atoms with Gasteiger partial charge in [0, 0.05) is 26.8 Å². The zero-order valence-corrected chi connectivity index (χ0v) is 17.7. The van der Waals surface area contributed by atoms with Crippen molar-refractivity contribution in [2.24, 2.45) is 0 Å². The first-order valence-corrected chi connectivity index (χ1v) is 10.1. The van der Waals surface area contributed by atoms with Gasteiger partial charge in [-0.25, -0.2) is 13.9 Å². The number of alkyl halides is 3. The van der Waals surface area contributed by atoms with Gasteiger partial charge in [-0.05, 0) is 42.7 Å². The SMILES string of the molecule is CN(C)C(=O)C(=O)Nc1cnn2ccc(N3CCC[C@@H]3c3cc(F)ccc3C(F)(F)F)nc12. The number of nitrogens with zero attached hydrogens (tertiary/aromatic N) is 5. The van der Waals surface area contributed by atoms with Crippen LogP contribution in [0.1, 0.15) is 30.0 Å². The quantitative estimate of drug-likeness (QED) is 0.475. The monoisotopic (exact) mass is 464 g/mol. The van der Waals surface area contributed by atoms with E-state index < -0.39 is 35.4 Å². The van der Waals surface area contributed by atoms with Crippen molar-refractivity contribution in [3.05, 3.63) is 53.6 Å². The molecule has 0 unspecified atom stereocenters. The molecule has 0 spiro atoms. The summed E-state index contributed by atoms with van der Waals surface area (Å²) in [5.74, 6) is -2.05. The van der Waals surface area contributed by atoms with E-state index >= 15 is 0 Å². The second kappa shape index (κ2) is 8.34. The Labute approximate surface area is 185 Å². The largest absolute Gasteiger partial charge is 0.416 e. The van der Waals surface area contributed by atoms with E-state index in [0.717, 1.165) is 23.1 Å². The number of rotatable bonds is 3. The molecule has 3 heterocycles. The van der Waals surface area contributed by atoms with Crippen molar-refractivity contribution in [1.82, 2.24) is 19.5 Å². The predicted octanol–water partition coefficient (Wildman–Crippen LogP) is 3.26. The van der Waals surface area contributed by atoms with Crippen molar-refractivity contribution in [3.8, 4) is 0 Å². The number of hydrogen-bond donors (Lipinski definition) is 1. The van der Waals surface area contributed by atoms with Gasteiger partial charge in [-0.2, -0.15) is 18.3 Å². The van der Waals surface area contributed by atoms with Gasteiger partial charge in [0.15, 0.2) is 5.65 Å². The number of aromatic nitrogens is 3. The molecule has 12 heteroatoms. The fraction of sp³-hybridized carbons (Fsp3) is 0.333. The van der Waals surface area contributed by atoms with Crippen LogP contribution >= 0.6 is 0 Å². The number of carbonyl (C=O) groups excluding carboxylic acids is 2. The molecule has 2 amide bonds. The van der Waals surface area contributed by atoms with Crippen LogP contribution in [0, 0.1) is 5.82 Å². The van der Waals surface area contributed by atoms with Crippen molar-refractivity contribution in [2.45, 2.75) is 25.1 Å². The topological polar surface area (TPSA) is 82.8 Å².